The molecule has 12 heteroatoms. The van der Waals surface area contributed by atoms with Crippen LogP contribution in [0.15, 0.2) is 71.5 Å². The number of aromatic nitrogens is 1. The number of ketones is 1. The fourth-order valence-corrected chi connectivity index (χ4v) is 5.84. The van der Waals surface area contributed by atoms with Crippen LogP contribution >= 0.6 is 0 Å². The molecule has 0 saturated heterocycles. The van der Waals surface area contributed by atoms with Crippen molar-refractivity contribution in [3.63, 3.8) is 0 Å². The molecule has 2 N–H and O–H groups in total. The van der Waals surface area contributed by atoms with Crippen LogP contribution in [-0.4, -0.2) is 28.4 Å². The van der Waals surface area contributed by atoms with Crippen molar-refractivity contribution < 1.29 is 37.0 Å². The van der Waals surface area contributed by atoms with Crippen molar-refractivity contribution in [2.75, 3.05) is 10.2 Å². The fourth-order valence-electron chi connectivity index (χ4n) is 5.84. The molecule has 5 rings (SSSR count). The van der Waals surface area contributed by atoms with Crippen molar-refractivity contribution in [3.05, 3.63) is 117 Å². The van der Waals surface area contributed by atoms with Gasteiger partial charge < -0.3 is 19.8 Å². The quantitative estimate of drug-likeness (QED) is 0.0972. The van der Waals surface area contributed by atoms with E-state index in [0.717, 1.165) is 61.6 Å². The second-order valence-electron chi connectivity index (χ2n) is 13.1. The van der Waals surface area contributed by atoms with Gasteiger partial charge in [-0.25, -0.2) is 18.0 Å². The molecule has 0 bridgehead atoms. The maximum atomic E-state index is 15.8. The molecule has 1 aliphatic rings. The molecule has 0 spiro atoms. The van der Waals surface area contributed by atoms with Crippen LogP contribution in [0.2, 0.25) is 0 Å². The lowest BCUT2D eigenvalue weighted by Crippen LogP contribution is -2.37. The average molecular weight is 690 g/mol. The lowest BCUT2D eigenvalue weighted by atomic mass is 9.95. The predicted octanol–water partition coefficient (Wildman–Crippen LogP) is 8.68. The number of amides is 1. The van der Waals surface area contributed by atoms with Crippen molar-refractivity contribution in [1.82, 2.24) is 4.98 Å². The number of benzene rings is 3. The van der Waals surface area contributed by atoms with Crippen molar-refractivity contribution in [2.24, 2.45) is 0 Å². The summed E-state index contributed by atoms with van der Waals surface area (Å²) in [4.78, 5) is 55.3. The lowest BCUT2D eigenvalue weighted by Gasteiger charge is -2.30. The summed E-state index contributed by atoms with van der Waals surface area (Å²) in [6.45, 7) is 6.32. The number of nitrogens with zero attached hydrogens (tertiary/aromatic N) is 1. The second-order valence-corrected chi connectivity index (χ2v) is 13.1. The molecule has 262 valence electrons. The fraction of sp³-hybridized carbons (Fsp3) is 0.316. The summed E-state index contributed by atoms with van der Waals surface area (Å²) in [5.74, 6) is -3.87. The van der Waals surface area contributed by atoms with E-state index in [1.165, 1.54) is 23.1 Å². The van der Waals surface area contributed by atoms with Gasteiger partial charge in [0.2, 0.25) is 5.56 Å². The van der Waals surface area contributed by atoms with Gasteiger partial charge in [-0.3, -0.25) is 19.3 Å². The molecule has 1 aromatic heterocycles. The van der Waals surface area contributed by atoms with Crippen LogP contribution in [0.3, 0.4) is 0 Å². The Hall–Kier alpha value is -5.39. The number of para-hydroxylation sites is 1. The zero-order valence-corrected chi connectivity index (χ0v) is 28.2. The van der Waals surface area contributed by atoms with E-state index in [1.807, 2.05) is 6.07 Å². The van der Waals surface area contributed by atoms with Gasteiger partial charge in [-0.05, 0) is 93.6 Å². The van der Waals surface area contributed by atoms with Crippen molar-refractivity contribution in [2.45, 2.75) is 77.9 Å². The summed E-state index contributed by atoms with van der Waals surface area (Å²) in [5.41, 5.74) is -1.29. The molecule has 3 aromatic carbocycles. The largest absolute Gasteiger partial charge is 0.443 e. The van der Waals surface area contributed by atoms with Gasteiger partial charge in [0.1, 0.15) is 34.6 Å². The van der Waals surface area contributed by atoms with Crippen LogP contribution in [0.4, 0.5) is 35.2 Å². The third-order valence-electron chi connectivity index (χ3n) is 8.19. The number of pyridine rings is 1. The first-order valence-corrected chi connectivity index (χ1v) is 16.4. The van der Waals surface area contributed by atoms with E-state index in [0.29, 0.717) is 0 Å². The number of nitrogens with one attached hydrogen (secondary N) is 2. The van der Waals surface area contributed by atoms with Gasteiger partial charge in [0.25, 0.3) is 0 Å². The first-order chi connectivity index (χ1) is 23.7. The highest BCUT2D eigenvalue weighted by molar-refractivity contribution is 6.12. The Morgan fingerprint density at radius 2 is 1.60 bits per heavy atom. The summed E-state index contributed by atoms with van der Waals surface area (Å²) in [5, 5.41) is 2.49. The normalized spacial score (nSPS) is 13.2. The zero-order valence-electron chi connectivity index (χ0n) is 28.2. The maximum absolute atomic E-state index is 15.8. The van der Waals surface area contributed by atoms with Gasteiger partial charge in [0, 0.05) is 23.6 Å². The summed E-state index contributed by atoms with van der Waals surface area (Å²) < 4.78 is 56.5. The molecule has 1 heterocycles. The highest BCUT2D eigenvalue weighted by Crippen LogP contribution is 2.44. The van der Waals surface area contributed by atoms with E-state index in [2.05, 4.69) is 10.3 Å². The monoisotopic (exact) mass is 689 g/mol. The number of carbonyl (C=O) groups is 3. The standard InChI is InChI=1S/C38H38F3N3O6/c1-5-32(46)49-35-26(23-9-6-7-10-23)11-8-12-30(35)44(37(48)50-38(2,3)4)21-22-19-28(40)33(29(41)20-22)43-36-27(17-18-31(45)42-36)34(47)24-13-15-25(39)16-14-24/h8,11-20,23H,5-7,9-10,21H2,1-4H3,(H2,42,43,45). The molecule has 0 atom stereocenters. The molecule has 50 heavy (non-hydrogen) atoms. The number of rotatable bonds is 10. The Morgan fingerprint density at radius 3 is 2.22 bits per heavy atom. The van der Waals surface area contributed by atoms with Gasteiger partial charge in [-0.2, -0.15) is 0 Å². The van der Waals surface area contributed by atoms with Gasteiger partial charge in [-0.15, -0.1) is 0 Å². The molecule has 1 aliphatic carbocycles. The highest BCUT2D eigenvalue weighted by atomic mass is 19.1. The van der Waals surface area contributed by atoms with Gasteiger partial charge >= 0.3 is 12.1 Å². The number of hydrogen-bond acceptors (Lipinski definition) is 7. The van der Waals surface area contributed by atoms with E-state index < -0.39 is 52.1 Å². The van der Waals surface area contributed by atoms with Crippen molar-refractivity contribution in [3.8, 4) is 5.75 Å². The number of ether oxygens (including phenoxy) is 2. The number of carbonyl (C=O) groups excluding carboxylic acids is 3. The SMILES string of the molecule is CCC(=O)Oc1c(C2CCCC2)cccc1N(Cc1cc(F)c(Nc2[nH]c(=O)ccc2C(=O)c2ccc(F)cc2)c(F)c1)C(=O)OC(C)(C)C. The smallest absolute Gasteiger partial charge is 0.415 e. The first kappa shape index (κ1) is 35.9. The highest BCUT2D eigenvalue weighted by Gasteiger charge is 2.31. The number of aromatic amines is 1. The van der Waals surface area contributed by atoms with E-state index in [9.17, 15) is 23.6 Å². The van der Waals surface area contributed by atoms with Crippen LogP contribution in [0.1, 0.15) is 92.8 Å². The molecule has 9 nitrogen and oxygen atoms in total. The summed E-state index contributed by atoms with van der Waals surface area (Å²) in [7, 11) is 0. The Labute approximate surface area is 287 Å². The number of anilines is 3. The molecule has 4 aromatic rings. The topological polar surface area (TPSA) is 118 Å². The summed E-state index contributed by atoms with van der Waals surface area (Å²) >= 11 is 0. The molecule has 1 amide bonds. The van der Waals surface area contributed by atoms with Crippen molar-refractivity contribution in [1.29, 1.82) is 0 Å². The van der Waals surface area contributed by atoms with E-state index >= 15 is 8.78 Å². The number of H-pyrrole nitrogens is 1. The first-order valence-electron chi connectivity index (χ1n) is 16.4. The van der Waals surface area contributed by atoms with E-state index in [1.54, 1.807) is 39.8 Å². The van der Waals surface area contributed by atoms with Crippen LogP contribution < -0.4 is 20.5 Å². The average Bonchev–Trinajstić information content (AvgIpc) is 3.60. The molecular weight excluding hydrogens is 651 g/mol. The molecule has 0 aliphatic heterocycles. The van der Waals surface area contributed by atoms with E-state index in [-0.39, 0.29) is 52.8 Å². The zero-order chi connectivity index (χ0) is 36.2. The van der Waals surface area contributed by atoms with Crippen LogP contribution in [-0.2, 0) is 16.1 Å². The van der Waals surface area contributed by atoms with E-state index in [4.69, 9.17) is 9.47 Å². The predicted molar refractivity (Wildman–Crippen MR) is 183 cm³/mol. The number of esters is 1. The third kappa shape index (κ3) is 8.42. The minimum atomic E-state index is -1.09. The van der Waals surface area contributed by atoms with Crippen LogP contribution in [0.25, 0.3) is 0 Å². The molecule has 0 unspecified atom stereocenters. The van der Waals surface area contributed by atoms with Gasteiger partial charge in [-0.1, -0.05) is 31.9 Å². The minimum Gasteiger partial charge on any atom is -0.443 e. The number of halogens is 3. The van der Waals surface area contributed by atoms with Crippen LogP contribution in [0, 0.1) is 17.5 Å². The van der Waals surface area contributed by atoms with Gasteiger partial charge in [0.05, 0.1) is 17.8 Å². The molecule has 1 saturated carbocycles. The maximum Gasteiger partial charge on any atom is 0.415 e. The summed E-state index contributed by atoms with van der Waals surface area (Å²) in [6.07, 6.45) is 3.01. The molecule has 0 radical (unpaired) electrons. The molecular formula is C38H38F3N3O6. The van der Waals surface area contributed by atoms with Crippen LogP contribution in [0.5, 0.6) is 5.75 Å². The Kier molecular flexibility index (Phi) is 10.8. The number of hydrogen-bond donors (Lipinski definition) is 2. The second kappa shape index (κ2) is 15.0. The van der Waals surface area contributed by atoms with Gasteiger partial charge in [0.15, 0.2) is 11.5 Å². The lowest BCUT2D eigenvalue weighted by molar-refractivity contribution is -0.134. The summed E-state index contributed by atoms with van der Waals surface area (Å²) in [6, 6.07) is 14.1. The van der Waals surface area contributed by atoms with Crippen molar-refractivity contribution >= 4 is 35.0 Å². The Balaban J connectivity index is 1.52. The third-order valence-corrected chi connectivity index (χ3v) is 8.19. The minimum absolute atomic E-state index is 0.0274. The Bertz CT molecular complexity index is 1940. The Morgan fingerprint density at radius 1 is 0.940 bits per heavy atom. The molecule has 1 fully saturated rings.